The van der Waals surface area contributed by atoms with Gasteiger partial charge in [0, 0.05) is 11.8 Å². The van der Waals surface area contributed by atoms with E-state index in [0.717, 1.165) is 0 Å². The molecule has 1 aromatic heterocycles. The maximum Gasteiger partial charge on any atom is 0.418 e. The van der Waals surface area contributed by atoms with Crippen LogP contribution in [0.15, 0.2) is 30.5 Å². The summed E-state index contributed by atoms with van der Waals surface area (Å²) in [6.45, 7) is 0. The average molecular weight is 331 g/mol. The van der Waals surface area contributed by atoms with Gasteiger partial charge in [0.1, 0.15) is 0 Å². The van der Waals surface area contributed by atoms with Crippen LogP contribution in [0.1, 0.15) is 11.1 Å². The van der Waals surface area contributed by atoms with Gasteiger partial charge in [-0.2, -0.15) is 18.4 Å². The molecule has 0 bridgehead atoms. The van der Waals surface area contributed by atoms with Crippen molar-refractivity contribution < 1.29 is 13.2 Å². The van der Waals surface area contributed by atoms with Gasteiger partial charge in [0.05, 0.1) is 33.8 Å². The highest BCUT2D eigenvalue weighted by Crippen LogP contribution is 2.42. The van der Waals surface area contributed by atoms with Gasteiger partial charge < -0.3 is 0 Å². The van der Waals surface area contributed by atoms with Crippen LogP contribution < -0.4 is 0 Å². The summed E-state index contributed by atoms with van der Waals surface area (Å²) in [4.78, 5) is 3.78. The number of hydrogen-bond acceptors (Lipinski definition) is 2. The molecule has 0 saturated carbocycles. The number of nitriles is 1. The number of rotatable bonds is 2. The molecular formula is C14H7Cl2F3N2. The smallest absolute Gasteiger partial charge is 0.255 e. The Morgan fingerprint density at radius 1 is 1.14 bits per heavy atom. The van der Waals surface area contributed by atoms with Gasteiger partial charge in [-0.25, -0.2) is 0 Å². The highest BCUT2D eigenvalue weighted by Gasteiger charge is 2.38. The van der Waals surface area contributed by atoms with Crippen molar-refractivity contribution in [3.8, 4) is 17.3 Å². The largest absolute Gasteiger partial charge is 0.418 e. The van der Waals surface area contributed by atoms with Gasteiger partial charge in [-0.3, -0.25) is 4.98 Å². The summed E-state index contributed by atoms with van der Waals surface area (Å²) in [5.74, 6) is 0. The summed E-state index contributed by atoms with van der Waals surface area (Å²) in [5, 5.41) is 8.82. The topological polar surface area (TPSA) is 36.7 Å². The molecule has 0 saturated heterocycles. The lowest BCUT2D eigenvalue weighted by molar-refractivity contribution is -0.137. The number of aromatic nitrogens is 1. The third-order valence-electron chi connectivity index (χ3n) is 2.79. The zero-order valence-electron chi connectivity index (χ0n) is 10.4. The van der Waals surface area contributed by atoms with E-state index < -0.39 is 11.7 Å². The van der Waals surface area contributed by atoms with Gasteiger partial charge in [0.25, 0.3) is 0 Å². The normalized spacial score (nSPS) is 11.2. The predicted molar refractivity (Wildman–Crippen MR) is 74.0 cm³/mol. The quantitative estimate of drug-likeness (QED) is 0.764. The first-order chi connectivity index (χ1) is 9.86. The number of hydrogen-bond donors (Lipinski definition) is 0. The predicted octanol–water partition coefficient (Wildman–Crippen LogP) is 5.14. The lowest BCUT2D eigenvalue weighted by atomic mass is 9.99. The Morgan fingerprint density at radius 2 is 1.76 bits per heavy atom. The number of nitrogens with zero attached hydrogens (tertiary/aromatic N) is 2. The van der Waals surface area contributed by atoms with Crippen molar-refractivity contribution in [3.05, 3.63) is 51.6 Å². The monoisotopic (exact) mass is 330 g/mol. The van der Waals surface area contributed by atoms with E-state index >= 15 is 0 Å². The second-order valence-corrected chi connectivity index (χ2v) is 4.94. The van der Waals surface area contributed by atoms with Gasteiger partial charge in [-0.15, -0.1) is 0 Å². The molecule has 0 spiro atoms. The number of benzene rings is 1. The van der Waals surface area contributed by atoms with E-state index in [9.17, 15) is 13.2 Å². The minimum atomic E-state index is -4.67. The summed E-state index contributed by atoms with van der Waals surface area (Å²) < 4.78 is 40.0. The van der Waals surface area contributed by atoms with Crippen molar-refractivity contribution >= 4 is 23.2 Å². The van der Waals surface area contributed by atoms with Gasteiger partial charge in [-0.05, 0) is 23.8 Å². The van der Waals surface area contributed by atoms with Gasteiger partial charge in [-0.1, -0.05) is 29.3 Å². The molecule has 0 aliphatic heterocycles. The Labute approximate surface area is 128 Å². The van der Waals surface area contributed by atoms with E-state index in [2.05, 4.69) is 4.98 Å². The van der Waals surface area contributed by atoms with Crippen molar-refractivity contribution in [1.82, 2.24) is 4.98 Å². The maximum atomic E-state index is 13.3. The fourth-order valence-electron chi connectivity index (χ4n) is 1.96. The van der Waals surface area contributed by atoms with E-state index in [4.69, 9.17) is 28.5 Å². The zero-order valence-corrected chi connectivity index (χ0v) is 11.9. The molecule has 0 radical (unpaired) electrons. The van der Waals surface area contributed by atoms with E-state index in [1.165, 1.54) is 30.5 Å². The van der Waals surface area contributed by atoms with Crippen LogP contribution in [0.4, 0.5) is 13.2 Å². The SMILES string of the molecule is N#CCc1ccnc(-c2c(Cl)cccc2Cl)c1C(F)(F)F. The average Bonchev–Trinajstić information content (AvgIpc) is 2.37. The standard InChI is InChI=1S/C14H7Cl2F3N2/c15-9-2-1-3-10(16)11(9)13-12(14(17,18)19)8(4-6-20)5-7-21-13/h1-3,5,7H,4H2. The molecule has 0 aliphatic carbocycles. The second kappa shape index (κ2) is 5.92. The van der Waals surface area contributed by atoms with E-state index in [1.807, 2.05) is 0 Å². The van der Waals surface area contributed by atoms with Crippen molar-refractivity contribution in [1.29, 1.82) is 5.26 Å². The third-order valence-corrected chi connectivity index (χ3v) is 3.42. The van der Waals surface area contributed by atoms with Crippen molar-refractivity contribution in [2.75, 3.05) is 0 Å². The van der Waals surface area contributed by atoms with E-state index in [0.29, 0.717) is 0 Å². The number of halogens is 5. The Hall–Kier alpha value is -1.77. The Morgan fingerprint density at radius 3 is 2.29 bits per heavy atom. The maximum absolute atomic E-state index is 13.3. The van der Waals surface area contributed by atoms with Crippen LogP contribution in [-0.4, -0.2) is 4.98 Å². The molecule has 2 aromatic rings. The molecule has 0 aliphatic rings. The highest BCUT2D eigenvalue weighted by atomic mass is 35.5. The molecule has 2 nitrogen and oxygen atoms in total. The molecule has 0 amide bonds. The van der Waals surface area contributed by atoms with Gasteiger partial charge >= 0.3 is 6.18 Å². The van der Waals surface area contributed by atoms with Gasteiger partial charge in [0.15, 0.2) is 0 Å². The lowest BCUT2D eigenvalue weighted by Gasteiger charge is -2.16. The highest BCUT2D eigenvalue weighted by molar-refractivity contribution is 6.39. The van der Waals surface area contributed by atoms with Crippen molar-refractivity contribution in [3.63, 3.8) is 0 Å². The Bertz CT molecular complexity index is 701. The van der Waals surface area contributed by atoms with Crippen LogP contribution in [0.25, 0.3) is 11.3 Å². The summed E-state index contributed by atoms with van der Waals surface area (Å²) in [6.07, 6.45) is -3.85. The Balaban J connectivity index is 2.82. The van der Waals surface area contributed by atoms with Crippen molar-refractivity contribution in [2.24, 2.45) is 0 Å². The molecule has 7 heteroatoms. The molecule has 0 N–H and O–H groups in total. The van der Waals surface area contributed by atoms with Crippen LogP contribution in [0.2, 0.25) is 10.0 Å². The fraction of sp³-hybridized carbons (Fsp3) is 0.143. The zero-order chi connectivity index (χ0) is 15.6. The summed E-state index contributed by atoms with van der Waals surface area (Å²) in [5.41, 5.74) is -1.51. The lowest BCUT2D eigenvalue weighted by Crippen LogP contribution is -2.12. The molecule has 108 valence electrons. The van der Waals surface area contributed by atoms with Crippen LogP contribution in [0, 0.1) is 11.3 Å². The van der Waals surface area contributed by atoms with E-state index in [-0.39, 0.29) is 33.3 Å². The summed E-state index contributed by atoms with van der Waals surface area (Å²) in [7, 11) is 0. The first-order valence-corrected chi connectivity index (χ1v) is 6.48. The fourth-order valence-corrected chi connectivity index (χ4v) is 2.54. The Kier molecular flexibility index (Phi) is 4.40. The van der Waals surface area contributed by atoms with Crippen LogP contribution in [-0.2, 0) is 12.6 Å². The molecule has 0 atom stereocenters. The molecular weight excluding hydrogens is 324 g/mol. The van der Waals surface area contributed by atoms with Gasteiger partial charge in [0.2, 0.25) is 0 Å². The number of pyridine rings is 1. The van der Waals surface area contributed by atoms with Crippen LogP contribution in [0.5, 0.6) is 0 Å². The molecule has 0 fully saturated rings. The minimum Gasteiger partial charge on any atom is -0.255 e. The molecule has 0 unspecified atom stereocenters. The third kappa shape index (κ3) is 3.12. The summed E-state index contributed by atoms with van der Waals surface area (Å²) >= 11 is 11.9. The second-order valence-electron chi connectivity index (χ2n) is 4.12. The van der Waals surface area contributed by atoms with Crippen LogP contribution >= 0.6 is 23.2 Å². The molecule has 1 aromatic carbocycles. The summed E-state index contributed by atoms with van der Waals surface area (Å²) in [6, 6.07) is 7.27. The molecule has 1 heterocycles. The first-order valence-electron chi connectivity index (χ1n) is 5.72. The first kappa shape index (κ1) is 15.6. The van der Waals surface area contributed by atoms with E-state index in [1.54, 1.807) is 6.07 Å². The number of alkyl halides is 3. The molecule has 21 heavy (non-hydrogen) atoms. The molecule has 2 rings (SSSR count). The van der Waals surface area contributed by atoms with Crippen LogP contribution in [0.3, 0.4) is 0 Å². The minimum absolute atomic E-state index is 0.00736. The van der Waals surface area contributed by atoms with Crippen molar-refractivity contribution in [2.45, 2.75) is 12.6 Å².